The maximum absolute atomic E-state index is 5.21. The van der Waals surface area contributed by atoms with Crippen LogP contribution < -0.4 is 5.32 Å². The van der Waals surface area contributed by atoms with Gasteiger partial charge in [0.25, 0.3) is 0 Å². The number of amidine groups is 1. The number of allylic oxidation sites excluding steroid dienone is 1. The smallest absolute Gasteiger partial charge is 0.114 e. The Hall–Kier alpha value is -3.29. The van der Waals surface area contributed by atoms with Crippen molar-refractivity contribution in [1.29, 1.82) is 0 Å². The summed E-state index contributed by atoms with van der Waals surface area (Å²) in [5.74, 6) is 1.23. The molecule has 2 aliphatic rings. The molecule has 170 valence electrons. The second-order valence-corrected chi connectivity index (χ2v) is 8.74. The standard InChI is InChI=1S/C29H34N4/c1-6-26-24-20-21(4)14-15-25(24)31-29(33(26)8-3)22(5)28(23-12-10-9-11-13-23)27(7-2)32-18-16-30-17-19-32/h9-15,20,22,28,30H,1-2,8,16-19H2,3-5H3. The van der Waals surface area contributed by atoms with Crippen LogP contribution in [0, 0.1) is 12.8 Å². The van der Waals surface area contributed by atoms with E-state index in [1.807, 2.05) is 0 Å². The molecule has 2 unspecified atom stereocenters. The normalized spacial score (nSPS) is 17.4. The van der Waals surface area contributed by atoms with Gasteiger partial charge < -0.3 is 15.1 Å². The number of aryl methyl sites for hydroxylation is 1. The molecular formula is C29H34N4. The molecular weight excluding hydrogens is 404 g/mol. The van der Waals surface area contributed by atoms with Crippen molar-refractivity contribution in [3.63, 3.8) is 0 Å². The molecule has 2 aromatic carbocycles. The van der Waals surface area contributed by atoms with E-state index >= 15 is 0 Å². The van der Waals surface area contributed by atoms with Gasteiger partial charge in [-0.2, -0.15) is 0 Å². The molecule has 2 atom stereocenters. The van der Waals surface area contributed by atoms with Crippen LogP contribution in [0.4, 0.5) is 5.69 Å². The lowest BCUT2D eigenvalue weighted by Crippen LogP contribution is -2.45. The van der Waals surface area contributed by atoms with Crippen molar-refractivity contribution in [2.75, 3.05) is 32.7 Å². The van der Waals surface area contributed by atoms with Crippen LogP contribution in [-0.2, 0) is 0 Å². The topological polar surface area (TPSA) is 30.9 Å². The SMILES string of the molecule is C=C=C(C(c1ccccc1)C(C)C1=Nc2ccc(C)cc2C(=C=C)N1CC)N1CCNCC1. The molecule has 0 aromatic heterocycles. The average molecular weight is 439 g/mol. The lowest BCUT2D eigenvalue weighted by molar-refractivity contribution is 0.274. The first-order chi connectivity index (χ1) is 16.1. The Balaban J connectivity index is 1.84. The predicted molar refractivity (Wildman–Crippen MR) is 139 cm³/mol. The van der Waals surface area contributed by atoms with E-state index in [1.165, 1.54) is 11.1 Å². The van der Waals surface area contributed by atoms with Crippen LogP contribution >= 0.6 is 0 Å². The van der Waals surface area contributed by atoms with Crippen molar-refractivity contribution in [1.82, 2.24) is 15.1 Å². The first-order valence-electron chi connectivity index (χ1n) is 11.9. The predicted octanol–water partition coefficient (Wildman–Crippen LogP) is 5.48. The fraction of sp³-hybridized carbons (Fsp3) is 0.345. The van der Waals surface area contributed by atoms with Crippen LogP contribution in [0.3, 0.4) is 0 Å². The molecule has 2 heterocycles. The minimum Gasteiger partial charge on any atom is -0.366 e. The Morgan fingerprint density at radius 1 is 1.12 bits per heavy atom. The zero-order valence-electron chi connectivity index (χ0n) is 20.1. The molecule has 2 aromatic rings. The van der Waals surface area contributed by atoms with Crippen molar-refractivity contribution >= 4 is 17.2 Å². The maximum atomic E-state index is 5.21. The molecule has 1 saturated heterocycles. The number of nitrogens with one attached hydrogen (secondary N) is 1. The summed E-state index contributed by atoms with van der Waals surface area (Å²) >= 11 is 0. The van der Waals surface area contributed by atoms with E-state index in [0.29, 0.717) is 0 Å². The summed E-state index contributed by atoms with van der Waals surface area (Å²) in [4.78, 5) is 9.91. The van der Waals surface area contributed by atoms with Crippen molar-refractivity contribution in [2.45, 2.75) is 26.7 Å². The van der Waals surface area contributed by atoms with Gasteiger partial charge in [0.2, 0.25) is 0 Å². The highest BCUT2D eigenvalue weighted by molar-refractivity contribution is 5.99. The summed E-state index contributed by atoms with van der Waals surface area (Å²) in [5, 5.41) is 3.46. The van der Waals surface area contributed by atoms with E-state index in [-0.39, 0.29) is 11.8 Å². The molecule has 1 fully saturated rings. The first kappa shape index (κ1) is 22.9. The van der Waals surface area contributed by atoms with Gasteiger partial charge in [0.05, 0.1) is 17.1 Å². The van der Waals surface area contributed by atoms with E-state index in [9.17, 15) is 0 Å². The monoisotopic (exact) mass is 438 g/mol. The molecule has 0 amide bonds. The van der Waals surface area contributed by atoms with E-state index in [1.54, 1.807) is 0 Å². The largest absolute Gasteiger partial charge is 0.366 e. The van der Waals surface area contributed by atoms with Crippen molar-refractivity contribution in [3.05, 3.63) is 95.5 Å². The van der Waals surface area contributed by atoms with Gasteiger partial charge in [0.1, 0.15) is 5.84 Å². The van der Waals surface area contributed by atoms with E-state index < -0.39 is 0 Å². The Labute approximate surface area is 198 Å². The molecule has 0 radical (unpaired) electrons. The Bertz CT molecular complexity index is 1130. The van der Waals surface area contributed by atoms with Gasteiger partial charge in [-0.15, -0.1) is 11.5 Å². The second-order valence-electron chi connectivity index (χ2n) is 8.74. The number of hydrogen-bond donors (Lipinski definition) is 1. The molecule has 33 heavy (non-hydrogen) atoms. The van der Waals surface area contributed by atoms with Crippen LogP contribution in [0.15, 0.2) is 83.8 Å². The summed E-state index contributed by atoms with van der Waals surface area (Å²) in [7, 11) is 0. The highest BCUT2D eigenvalue weighted by atomic mass is 15.2. The molecule has 4 rings (SSSR count). The highest BCUT2D eigenvalue weighted by Gasteiger charge is 2.35. The minimum absolute atomic E-state index is 0.0904. The molecule has 0 spiro atoms. The summed E-state index contributed by atoms with van der Waals surface area (Å²) in [6.07, 6.45) is 0. The van der Waals surface area contributed by atoms with Gasteiger partial charge >= 0.3 is 0 Å². The summed E-state index contributed by atoms with van der Waals surface area (Å²) in [6.45, 7) is 19.4. The van der Waals surface area contributed by atoms with Crippen LogP contribution in [0.2, 0.25) is 0 Å². The Morgan fingerprint density at radius 3 is 2.48 bits per heavy atom. The summed E-state index contributed by atoms with van der Waals surface area (Å²) in [6, 6.07) is 17.1. The molecule has 0 saturated carbocycles. The van der Waals surface area contributed by atoms with Gasteiger partial charge in [0, 0.05) is 50.1 Å². The number of piperazine rings is 1. The van der Waals surface area contributed by atoms with Gasteiger partial charge in [0.15, 0.2) is 0 Å². The molecule has 2 aliphatic heterocycles. The number of hydrogen-bond acceptors (Lipinski definition) is 4. The Kier molecular flexibility index (Phi) is 7.01. The van der Waals surface area contributed by atoms with Crippen LogP contribution in [-0.4, -0.2) is 48.4 Å². The molecule has 0 aliphatic carbocycles. The third kappa shape index (κ3) is 4.47. The lowest BCUT2D eigenvalue weighted by atomic mass is 9.82. The Morgan fingerprint density at radius 2 is 1.85 bits per heavy atom. The third-order valence-electron chi connectivity index (χ3n) is 6.67. The van der Waals surface area contributed by atoms with Crippen LogP contribution in [0.1, 0.15) is 36.5 Å². The molecule has 4 nitrogen and oxygen atoms in total. The molecule has 4 heteroatoms. The first-order valence-corrected chi connectivity index (χ1v) is 11.9. The maximum Gasteiger partial charge on any atom is 0.114 e. The van der Waals surface area contributed by atoms with E-state index in [4.69, 9.17) is 4.99 Å². The van der Waals surface area contributed by atoms with E-state index in [2.05, 4.69) is 109 Å². The summed E-state index contributed by atoms with van der Waals surface area (Å²) < 4.78 is 0. The number of benzene rings is 2. The fourth-order valence-corrected chi connectivity index (χ4v) is 5.06. The van der Waals surface area contributed by atoms with Gasteiger partial charge in [-0.3, -0.25) is 0 Å². The van der Waals surface area contributed by atoms with E-state index in [0.717, 1.165) is 61.2 Å². The van der Waals surface area contributed by atoms with Crippen LogP contribution in [0.25, 0.3) is 5.70 Å². The quantitative estimate of drug-likeness (QED) is 0.606. The number of fused-ring (bicyclic) bond motifs is 1. The molecule has 0 bridgehead atoms. The lowest BCUT2D eigenvalue weighted by Gasteiger charge is -2.40. The average Bonchev–Trinajstić information content (AvgIpc) is 2.86. The van der Waals surface area contributed by atoms with Crippen LogP contribution in [0.5, 0.6) is 0 Å². The zero-order chi connectivity index (χ0) is 23.4. The fourth-order valence-electron chi connectivity index (χ4n) is 5.06. The number of aliphatic imine (C=N–C) groups is 1. The van der Waals surface area contributed by atoms with Crippen molar-refractivity contribution < 1.29 is 0 Å². The van der Waals surface area contributed by atoms with Crippen molar-refractivity contribution in [2.24, 2.45) is 10.9 Å². The van der Waals surface area contributed by atoms with Gasteiger partial charge in [-0.1, -0.05) is 62.0 Å². The minimum atomic E-state index is 0.0904. The highest BCUT2D eigenvalue weighted by Crippen LogP contribution is 2.41. The summed E-state index contributed by atoms with van der Waals surface area (Å²) in [5.41, 5.74) is 13.2. The number of rotatable bonds is 6. The number of nitrogens with zero attached hydrogens (tertiary/aromatic N) is 3. The van der Waals surface area contributed by atoms with Crippen molar-refractivity contribution in [3.8, 4) is 0 Å². The third-order valence-corrected chi connectivity index (χ3v) is 6.67. The zero-order valence-corrected chi connectivity index (χ0v) is 20.1. The molecule has 1 N–H and O–H groups in total. The van der Waals surface area contributed by atoms with Gasteiger partial charge in [-0.25, -0.2) is 4.99 Å². The second kappa shape index (κ2) is 10.1. The van der Waals surface area contributed by atoms with Gasteiger partial charge in [-0.05, 0) is 31.5 Å².